The molecule has 0 fully saturated rings. The smallest absolute Gasteiger partial charge is 0.131 e. The average molecular weight is 222 g/mol. The van der Waals surface area contributed by atoms with Gasteiger partial charge in [0.1, 0.15) is 11.1 Å². The van der Waals surface area contributed by atoms with E-state index >= 15 is 0 Å². The molecule has 1 aromatic heterocycles. The summed E-state index contributed by atoms with van der Waals surface area (Å²) in [6, 6.07) is 7.87. The number of rotatable bonds is 2. The van der Waals surface area contributed by atoms with Crippen LogP contribution in [-0.2, 0) is 0 Å². The molecule has 0 radical (unpaired) electrons. The Bertz CT molecular complexity index is 711. The third kappa shape index (κ3) is 1.73. The lowest BCUT2D eigenvalue weighted by atomic mass is 10.1. The number of methoxy groups -OCH3 is 1. The lowest BCUT2D eigenvalue weighted by molar-refractivity contribution is 0.415. The van der Waals surface area contributed by atoms with Crippen LogP contribution in [0.2, 0.25) is 0 Å². The van der Waals surface area contributed by atoms with Gasteiger partial charge in [0.05, 0.1) is 12.5 Å². The first-order valence-electron chi connectivity index (χ1n) is 5.31. The van der Waals surface area contributed by atoms with Crippen molar-refractivity contribution in [2.45, 2.75) is 0 Å². The van der Waals surface area contributed by atoms with Gasteiger partial charge in [-0.2, -0.15) is 0 Å². The molecular formula is C14H10N2O. The molecule has 0 unspecified atom stereocenters. The van der Waals surface area contributed by atoms with Crippen molar-refractivity contribution in [3.8, 4) is 5.75 Å². The van der Waals surface area contributed by atoms with Gasteiger partial charge in [0.2, 0.25) is 0 Å². The van der Waals surface area contributed by atoms with Gasteiger partial charge >= 0.3 is 0 Å². The summed E-state index contributed by atoms with van der Waals surface area (Å²) in [5, 5.41) is 1.68. The second-order valence-electron chi connectivity index (χ2n) is 3.70. The monoisotopic (exact) mass is 222 g/mol. The van der Waals surface area contributed by atoms with Crippen molar-refractivity contribution in [1.29, 1.82) is 0 Å². The van der Waals surface area contributed by atoms with Gasteiger partial charge in [0.25, 0.3) is 0 Å². The molecule has 0 saturated carbocycles. The largest absolute Gasteiger partial charge is 0.497 e. The zero-order valence-corrected chi connectivity index (χ0v) is 9.34. The van der Waals surface area contributed by atoms with Crippen LogP contribution in [0.4, 0.5) is 0 Å². The molecule has 0 aliphatic heterocycles. The van der Waals surface area contributed by atoms with Crippen LogP contribution in [0.15, 0.2) is 36.7 Å². The predicted molar refractivity (Wildman–Crippen MR) is 65.6 cm³/mol. The van der Waals surface area contributed by atoms with Crippen LogP contribution in [0.25, 0.3) is 17.4 Å². The van der Waals surface area contributed by atoms with E-state index in [-0.39, 0.29) is 0 Å². The topological polar surface area (TPSA) is 35.0 Å². The summed E-state index contributed by atoms with van der Waals surface area (Å²) in [6.45, 7) is 0. The lowest BCUT2D eigenvalue weighted by Gasteiger charge is -2.01. The minimum atomic E-state index is 0.804. The molecule has 0 spiro atoms. The Morgan fingerprint density at radius 3 is 2.53 bits per heavy atom. The summed E-state index contributed by atoms with van der Waals surface area (Å²) in [5.74, 6) is 0.848. The van der Waals surface area contributed by atoms with E-state index in [0.717, 1.165) is 27.6 Å². The average Bonchev–Trinajstić information content (AvgIpc) is 2.82. The van der Waals surface area contributed by atoms with Crippen LogP contribution < -0.4 is 15.4 Å². The first-order chi connectivity index (χ1) is 8.36. The van der Waals surface area contributed by atoms with Gasteiger partial charge in [-0.15, -0.1) is 0 Å². The van der Waals surface area contributed by atoms with Crippen LogP contribution >= 0.6 is 0 Å². The van der Waals surface area contributed by atoms with Gasteiger partial charge in [-0.3, -0.25) is 4.98 Å². The van der Waals surface area contributed by atoms with Crippen LogP contribution in [-0.4, -0.2) is 17.1 Å². The highest BCUT2D eigenvalue weighted by molar-refractivity contribution is 5.95. The maximum Gasteiger partial charge on any atom is 0.131 e. The quantitative estimate of drug-likeness (QED) is 0.752. The molecule has 1 aliphatic rings. The van der Waals surface area contributed by atoms with Crippen molar-refractivity contribution in [1.82, 2.24) is 9.97 Å². The summed E-state index contributed by atoms with van der Waals surface area (Å²) in [6.07, 6.45) is 5.36. The Hall–Kier alpha value is -2.38. The normalized spacial score (nSPS) is 12.2. The van der Waals surface area contributed by atoms with Crippen LogP contribution in [0.1, 0.15) is 5.56 Å². The first-order valence-corrected chi connectivity index (χ1v) is 5.31. The third-order valence-electron chi connectivity index (χ3n) is 2.66. The van der Waals surface area contributed by atoms with Crippen LogP contribution in [0.3, 0.4) is 0 Å². The third-order valence-corrected chi connectivity index (χ3v) is 2.66. The zero-order chi connectivity index (χ0) is 11.7. The number of nitrogens with zero attached hydrogens (tertiary/aromatic N) is 2. The van der Waals surface area contributed by atoms with E-state index in [0.29, 0.717) is 0 Å². The van der Waals surface area contributed by atoms with E-state index in [2.05, 4.69) is 15.7 Å². The minimum Gasteiger partial charge on any atom is -0.497 e. The predicted octanol–water partition coefficient (Wildman–Crippen LogP) is 0.742. The standard InChI is InChI=1S/C14H10N2O/c1-17-12-4-2-10(3-5-12)11-8-13-14(9-11)16-7-6-15-13/h2-8H,1H3. The Balaban J connectivity index is 2.10. The van der Waals surface area contributed by atoms with E-state index in [1.54, 1.807) is 19.5 Å². The molecule has 82 valence electrons. The molecule has 2 aromatic rings. The molecule has 1 heterocycles. The molecule has 0 amide bonds. The molecule has 3 rings (SSSR count). The molecule has 3 heteroatoms. The summed E-state index contributed by atoms with van der Waals surface area (Å²) in [4.78, 5) is 8.46. The fraction of sp³-hybridized carbons (Fsp3) is 0.0714. The highest BCUT2D eigenvalue weighted by Crippen LogP contribution is 2.19. The number of hydrogen-bond acceptors (Lipinski definition) is 3. The van der Waals surface area contributed by atoms with Crippen molar-refractivity contribution in [2.75, 3.05) is 7.11 Å². The second kappa shape index (κ2) is 3.89. The Morgan fingerprint density at radius 1 is 1.06 bits per heavy atom. The number of allylic oxidation sites excluding steroid dienone is 1. The van der Waals surface area contributed by atoms with E-state index in [1.165, 1.54) is 0 Å². The number of ether oxygens (including phenoxy) is 1. The molecule has 1 aromatic carbocycles. The van der Waals surface area contributed by atoms with Gasteiger partial charge in [0, 0.05) is 18.0 Å². The minimum absolute atomic E-state index is 0.804. The van der Waals surface area contributed by atoms with Crippen LogP contribution in [0, 0.1) is 0 Å². The van der Waals surface area contributed by atoms with Crippen molar-refractivity contribution in [3.63, 3.8) is 0 Å². The SMILES string of the molecule is COc1ccc(C2=C=c3nccnc3=C2)cc1. The summed E-state index contributed by atoms with van der Waals surface area (Å²) >= 11 is 0. The second-order valence-corrected chi connectivity index (χ2v) is 3.70. The number of aromatic nitrogens is 2. The van der Waals surface area contributed by atoms with E-state index in [4.69, 9.17) is 4.74 Å². The molecule has 0 bridgehead atoms. The van der Waals surface area contributed by atoms with Crippen molar-refractivity contribution in [3.05, 3.63) is 52.9 Å². The van der Waals surface area contributed by atoms with Gasteiger partial charge in [-0.05, 0) is 23.8 Å². The highest BCUT2D eigenvalue weighted by Gasteiger charge is 2.03. The highest BCUT2D eigenvalue weighted by atomic mass is 16.5. The Kier molecular flexibility index (Phi) is 2.25. The van der Waals surface area contributed by atoms with E-state index in [1.807, 2.05) is 30.3 Å². The molecule has 0 N–H and O–H groups in total. The molecular weight excluding hydrogens is 212 g/mol. The van der Waals surface area contributed by atoms with E-state index < -0.39 is 0 Å². The van der Waals surface area contributed by atoms with Gasteiger partial charge in [0.15, 0.2) is 0 Å². The van der Waals surface area contributed by atoms with Crippen molar-refractivity contribution < 1.29 is 4.74 Å². The van der Waals surface area contributed by atoms with E-state index in [9.17, 15) is 0 Å². The molecule has 17 heavy (non-hydrogen) atoms. The number of benzene rings is 1. The van der Waals surface area contributed by atoms with Gasteiger partial charge < -0.3 is 4.74 Å². The fourth-order valence-corrected chi connectivity index (χ4v) is 1.78. The maximum absolute atomic E-state index is 5.13. The molecule has 0 atom stereocenters. The number of fused-ring (bicyclic) bond motifs is 1. The van der Waals surface area contributed by atoms with Crippen LogP contribution in [0.5, 0.6) is 5.75 Å². The first kappa shape index (κ1) is 9.82. The summed E-state index contributed by atoms with van der Waals surface area (Å²) in [7, 11) is 1.66. The zero-order valence-electron chi connectivity index (χ0n) is 9.34. The van der Waals surface area contributed by atoms with Gasteiger partial charge in [-0.1, -0.05) is 17.9 Å². The maximum atomic E-state index is 5.13. The summed E-state index contributed by atoms with van der Waals surface area (Å²) in [5.41, 5.74) is 5.33. The molecule has 0 saturated heterocycles. The fourth-order valence-electron chi connectivity index (χ4n) is 1.78. The Morgan fingerprint density at radius 2 is 1.82 bits per heavy atom. The van der Waals surface area contributed by atoms with Crippen molar-refractivity contribution in [2.24, 2.45) is 0 Å². The van der Waals surface area contributed by atoms with Crippen molar-refractivity contribution >= 4 is 17.4 Å². The lowest BCUT2D eigenvalue weighted by Crippen LogP contribution is -2.27. The molecule has 1 aliphatic carbocycles. The Labute approximate surface area is 98.4 Å². The van der Waals surface area contributed by atoms with Gasteiger partial charge in [-0.25, -0.2) is 4.98 Å². The summed E-state index contributed by atoms with van der Waals surface area (Å²) < 4.78 is 5.13. The number of hydrogen-bond donors (Lipinski definition) is 0. The molecule has 3 nitrogen and oxygen atoms in total.